The molecular weight excluding hydrogens is 224 g/mol. The molecule has 0 spiro atoms. The second-order valence-corrected chi connectivity index (χ2v) is 5.13. The summed E-state index contributed by atoms with van der Waals surface area (Å²) >= 11 is 0. The van der Waals surface area contributed by atoms with Gasteiger partial charge in [0.25, 0.3) is 0 Å². The van der Waals surface area contributed by atoms with Crippen molar-refractivity contribution in [1.29, 1.82) is 0 Å². The van der Waals surface area contributed by atoms with Crippen LogP contribution in [-0.2, 0) is 6.42 Å². The van der Waals surface area contributed by atoms with Crippen LogP contribution in [0.2, 0.25) is 0 Å². The van der Waals surface area contributed by atoms with Crippen LogP contribution in [0.25, 0.3) is 0 Å². The van der Waals surface area contributed by atoms with E-state index in [-0.39, 0.29) is 6.04 Å². The predicted octanol–water partition coefficient (Wildman–Crippen LogP) is 2.29. The molecule has 0 aromatic heterocycles. The third kappa shape index (κ3) is 3.72. The van der Waals surface area contributed by atoms with Crippen molar-refractivity contribution in [3.63, 3.8) is 0 Å². The Hall–Kier alpha value is -1.06. The Bertz CT molecular complexity index is 365. The van der Waals surface area contributed by atoms with E-state index in [9.17, 15) is 0 Å². The Morgan fingerprint density at radius 3 is 2.39 bits per heavy atom. The minimum Gasteiger partial charge on any atom is -0.496 e. The molecule has 0 heterocycles. The van der Waals surface area contributed by atoms with Gasteiger partial charge in [0.05, 0.1) is 7.11 Å². The molecular formula is C15H26N2O. The predicted molar refractivity (Wildman–Crippen MR) is 77.0 cm³/mol. The first kappa shape index (κ1) is 15.0. The first-order valence-corrected chi connectivity index (χ1v) is 6.56. The van der Waals surface area contributed by atoms with Gasteiger partial charge >= 0.3 is 0 Å². The maximum Gasteiger partial charge on any atom is 0.122 e. The van der Waals surface area contributed by atoms with Crippen molar-refractivity contribution in [1.82, 2.24) is 4.90 Å². The molecule has 3 unspecified atom stereocenters. The Morgan fingerprint density at radius 2 is 1.83 bits per heavy atom. The van der Waals surface area contributed by atoms with Crippen molar-refractivity contribution in [2.24, 2.45) is 5.73 Å². The smallest absolute Gasteiger partial charge is 0.122 e. The second-order valence-electron chi connectivity index (χ2n) is 5.13. The van der Waals surface area contributed by atoms with Crippen LogP contribution in [-0.4, -0.2) is 37.2 Å². The highest BCUT2D eigenvalue weighted by molar-refractivity contribution is 5.33. The number of likely N-dealkylation sites (N-methyl/N-ethyl adjacent to an activating group) is 1. The van der Waals surface area contributed by atoms with Crippen molar-refractivity contribution in [2.75, 3.05) is 14.2 Å². The first-order valence-electron chi connectivity index (χ1n) is 6.56. The average Bonchev–Trinajstić information content (AvgIpc) is 2.37. The summed E-state index contributed by atoms with van der Waals surface area (Å²) in [6, 6.07) is 9.17. The number of hydrogen-bond donors (Lipinski definition) is 1. The van der Waals surface area contributed by atoms with Crippen LogP contribution in [0.1, 0.15) is 26.3 Å². The molecule has 0 fully saturated rings. The van der Waals surface area contributed by atoms with Gasteiger partial charge in [0.15, 0.2) is 0 Å². The average molecular weight is 250 g/mol. The number of rotatable bonds is 6. The SMILES string of the molecule is COc1ccccc1CC(C)N(C)C(C)C(C)N. The molecule has 3 nitrogen and oxygen atoms in total. The lowest BCUT2D eigenvalue weighted by Crippen LogP contribution is -2.46. The summed E-state index contributed by atoms with van der Waals surface area (Å²) in [5, 5.41) is 0. The minimum atomic E-state index is 0.176. The highest BCUT2D eigenvalue weighted by Gasteiger charge is 2.19. The van der Waals surface area contributed by atoms with Crippen molar-refractivity contribution in [3.8, 4) is 5.75 Å². The Labute approximate surface area is 111 Å². The van der Waals surface area contributed by atoms with Gasteiger partial charge in [-0.2, -0.15) is 0 Å². The Balaban J connectivity index is 2.72. The van der Waals surface area contributed by atoms with E-state index in [2.05, 4.69) is 44.9 Å². The van der Waals surface area contributed by atoms with E-state index >= 15 is 0 Å². The molecule has 3 atom stereocenters. The zero-order chi connectivity index (χ0) is 13.7. The molecule has 0 bridgehead atoms. The molecule has 1 aromatic rings. The van der Waals surface area contributed by atoms with Gasteiger partial charge in [0, 0.05) is 18.1 Å². The van der Waals surface area contributed by atoms with Crippen LogP contribution in [0.4, 0.5) is 0 Å². The van der Waals surface area contributed by atoms with E-state index in [0.29, 0.717) is 12.1 Å². The standard InChI is InChI=1S/C15H26N2O/c1-11(17(4)13(3)12(2)16)10-14-8-6-7-9-15(14)18-5/h6-9,11-13H,10,16H2,1-5H3. The first-order chi connectivity index (χ1) is 8.47. The number of methoxy groups -OCH3 is 1. The summed E-state index contributed by atoms with van der Waals surface area (Å²) in [6.07, 6.45) is 0.970. The highest BCUT2D eigenvalue weighted by atomic mass is 16.5. The molecule has 0 aliphatic heterocycles. The van der Waals surface area contributed by atoms with Gasteiger partial charge in [0.1, 0.15) is 5.75 Å². The number of nitrogens with two attached hydrogens (primary N) is 1. The summed E-state index contributed by atoms with van der Waals surface area (Å²) < 4.78 is 5.39. The highest BCUT2D eigenvalue weighted by Crippen LogP contribution is 2.21. The van der Waals surface area contributed by atoms with Gasteiger partial charge in [-0.15, -0.1) is 0 Å². The number of hydrogen-bond acceptors (Lipinski definition) is 3. The summed E-state index contributed by atoms with van der Waals surface area (Å²) in [5.74, 6) is 0.964. The molecule has 0 saturated carbocycles. The van der Waals surface area contributed by atoms with E-state index in [4.69, 9.17) is 10.5 Å². The lowest BCUT2D eigenvalue weighted by molar-refractivity contribution is 0.175. The largest absolute Gasteiger partial charge is 0.496 e. The zero-order valence-electron chi connectivity index (χ0n) is 12.2. The third-order valence-corrected chi connectivity index (χ3v) is 3.81. The molecule has 1 aromatic carbocycles. The van der Waals surface area contributed by atoms with Crippen molar-refractivity contribution < 1.29 is 4.74 Å². The van der Waals surface area contributed by atoms with E-state index in [1.165, 1.54) is 5.56 Å². The normalized spacial score (nSPS) is 16.4. The Morgan fingerprint density at radius 1 is 1.22 bits per heavy atom. The number of ether oxygens (including phenoxy) is 1. The fraction of sp³-hybridized carbons (Fsp3) is 0.600. The summed E-state index contributed by atoms with van der Waals surface area (Å²) in [5.41, 5.74) is 7.20. The van der Waals surface area contributed by atoms with Crippen molar-refractivity contribution in [2.45, 2.75) is 45.3 Å². The van der Waals surface area contributed by atoms with E-state index in [0.717, 1.165) is 12.2 Å². The lowest BCUT2D eigenvalue weighted by Gasteiger charge is -2.33. The summed E-state index contributed by atoms with van der Waals surface area (Å²) in [6.45, 7) is 6.45. The molecule has 18 heavy (non-hydrogen) atoms. The van der Waals surface area contributed by atoms with Gasteiger partial charge in [-0.25, -0.2) is 0 Å². The molecule has 0 aliphatic carbocycles. The lowest BCUT2D eigenvalue weighted by atomic mass is 10.0. The maximum atomic E-state index is 5.96. The van der Waals surface area contributed by atoms with Crippen LogP contribution in [0.3, 0.4) is 0 Å². The number of benzene rings is 1. The van der Waals surface area contributed by atoms with Gasteiger partial charge in [0.2, 0.25) is 0 Å². The fourth-order valence-corrected chi connectivity index (χ4v) is 2.11. The van der Waals surface area contributed by atoms with E-state index < -0.39 is 0 Å². The topological polar surface area (TPSA) is 38.5 Å². The number of para-hydroxylation sites is 1. The molecule has 0 saturated heterocycles. The van der Waals surface area contributed by atoms with Crippen LogP contribution in [0.15, 0.2) is 24.3 Å². The van der Waals surface area contributed by atoms with Crippen LogP contribution >= 0.6 is 0 Å². The van der Waals surface area contributed by atoms with E-state index in [1.54, 1.807) is 7.11 Å². The fourth-order valence-electron chi connectivity index (χ4n) is 2.11. The van der Waals surface area contributed by atoms with Crippen LogP contribution in [0.5, 0.6) is 5.75 Å². The van der Waals surface area contributed by atoms with Gasteiger partial charge in [-0.1, -0.05) is 18.2 Å². The molecule has 102 valence electrons. The monoisotopic (exact) mass is 250 g/mol. The third-order valence-electron chi connectivity index (χ3n) is 3.81. The number of nitrogens with zero attached hydrogens (tertiary/aromatic N) is 1. The van der Waals surface area contributed by atoms with Crippen molar-refractivity contribution in [3.05, 3.63) is 29.8 Å². The van der Waals surface area contributed by atoms with Gasteiger partial charge in [-0.3, -0.25) is 4.90 Å². The molecule has 0 amide bonds. The van der Waals surface area contributed by atoms with Crippen molar-refractivity contribution >= 4 is 0 Å². The van der Waals surface area contributed by atoms with Gasteiger partial charge < -0.3 is 10.5 Å². The van der Waals surface area contributed by atoms with E-state index in [1.807, 2.05) is 12.1 Å². The quantitative estimate of drug-likeness (QED) is 0.842. The molecule has 3 heteroatoms. The van der Waals surface area contributed by atoms with Crippen LogP contribution in [0, 0.1) is 0 Å². The van der Waals surface area contributed by atoms with Crippen LogP contribution < -0.4 is 10.5 Å². The minimum absolute atomic E-state index is 0.176. The summed E-state index contributed by atoms with van der Waals surface area (Å²) in [7, 11) is 3.85. The molecule has 0 aliphatic rings. The molecule has 0 radical (unpaired) electrons. The van der Waals surface area contributed by atoms with Gasteiger partial charge in [-0.05, 0) is 45.9 Å². The second kappa shape index (κ2) is 6.76. The molecule has 1 rings (SSSR count). The summed E-state index contributed by atoms with van der Waals surface area (Å²) in [4.78, 5) is 2.33. The maximum absolute atomic E-state index is 5.96. The zero-order valence-corrected chi connectivity index (χ0v) is 12.2. The Kier molecular flexibility index (Phi) is 5.63. The molecule has 2 N–H and O–H groups in total.